The number of hydrogen-bond acceptors (Lipinski definition) is 4. The first-order chi connectivity index (χ1) is 12.5. The van der Waals surface area contributed by atoms with Gasteiger partial charge in [-0.1, -0.05) is 34.1 Å². The van der Waals surface area contributed by atoms with Gasteiger partial charge in [-0.25, -0.2) is 9.18 Å². The smallest absolute Gasteiger partial charge is 0.379 e. The van der Waals surface area contributed by atoms with Gasteiger partial charge < -0.3 is 9.15 Å². The lowest BCUT2D eigenvalue weighted by molar-refractivity contribution is 0.0699. The van der Waals surface area contributed by atoms with Crippen LogP contribution in [0.5, 0.6) is 5.75 Å². The van der Waals surface area contributed by atoms with Crippen molar-refractivity contribution in [2.75, 3.05) is 0 Å². The number of furan rings is 1. The highest BCUT2D eigenvalue weighted by Gasteiger charge is 2.17. The van der Waals surface area contributed by atoms with Crippen molar-refractivity contribution >= 4 is 33.8 Å². The van der Waals surface area contributed by atoms with E-state index in [9.17, 15) is 14.0 Å². The van der Waals surface area contributed by atoms with Gasteiger partial charge in [-0.05, 0) is 48.6 Å². The molecule has 3 rings (SSSR count). The molecular weight excluding hydrogens is 403 g/mol. The Hall–Kier alpha value is -2.99. The van der Waals surface area contributed by atoms with Crippen molar-refractivity contribution in [3.8, 4) is 5.75 Å². The second-order valence-corrected chi connectivity index (χ2v) is 6.14. The SMILES string of the molecule is O=C(Oc1ccc(Br)cc1C(=O)C=Cc1ccccc1F)c1ccco1. The molecule has 0 atom stereocenters. The molecule has 0 aliphatic rings. The van der Waals surface area contributed by atoms with Crippen LogP contribution in [0.15, 0.2) is 75.8 Å². The molecule has 4 nitrogen and oxygen atoms in total. The van der Waals surface area contributed by atoms with E-state index in [1.807, 2.05) is 0 Å². The highest BCUT2D eigenvalue weighted by atomic mass is 79.9. The molecule has 0 aliphatic carbocycles. The van der Waals surface area contributed by atoms with Crippen LogP contribution in [0.1, 0.15) is 26.5 Å². The summed E-state index contributed by atoms with van der Waals surface area (Å²) in [5.74, 6) is -1.48. The molecule has 26 heavy (non-hydrogen) atoms. The second kappa shape index (κ2) is 7.93. The minimum atomic E-state index is -0.718. The molecule has 0 amide bonds. The van der Waals surface area contributed by atoms with Gasteiger partial charge in [0.05, 0.1) is 11.8 Å². The first-order valence-electron chi connectivity index (χ1n) is 7.57. The zero-order chi connectivity index (χ0) is 18.5. The number of carbonyl (C=O) groups excluding carboxylic acids is 2. The van der Waals surface area contributed by atoms with Crippen LogP contribution < -0.4 is 4.74 Å². The fourth-order valence-corrected chi connectivity index (χ4v) is 2.56. The molecule has 0 aliphatic heterocycles. The quantitative estimate of drug-likeness (QED) is 0.246. The van der Waals surface area contributed by atoms with Crippen molar-refractivity contribution in [1.82, 2.24) is 0 Å². The first-order valence-corrected chi connectivity index (χ1v) is 8.36. The molecule has 0 radical (unpaired) electrons. The van der Waals surface area contributed by atoms with E-state index < -0.39 is 17.6 Å². The Morgan fingerprint density at radius 3 is 2.62 bits per heavy atom. The van der Waals surface area contributed by atoms with Crippen molar-refractivity contribution in [2.45, 2.75) is 0 Å². The Labute approximate surface area is 157 Å². The fraction of sp³-hybridized carbons (Fsp3) is 0. The maximum absolute atomic E-state index is 13.7. The summed E-state index contributed by atoms with van der Waals surface area (Å²) in [5, 5.41) is 0. The highest BCUT2D eigenvalue weighted by Crippen LogP contribution is 2.25. The molecule has 6 heteroatoms. The van der Waals surface area contributed by atoms with Crippen molar-refractivity contribution in [1.29, 1.82) is 0 Å². The molecule has 0 spiro atoms. The summed E-state index contributed by atoms with van der Waals surface area (Å²) < 4.78 is 24.5. The number of ketones is 1. The topological polar surface area (TPSA) is 56.5 Å². The maximum atomic E-state index is 13.7. The molecule has 0 saturated heterocycles. The van der Waals surface area contributed by atoms with Crippen LogP contribution in [0.3, 0.4) is 0 Å². The van der Waals surface area contributed by atoms with Crippen LogP contribution in [0.4, 0.5) is 4.39 Å². The Bertz CT molecular complexity index is 977. The van der Waals surface area contributed by atoms with Crippen LogP contribution in [-0.2, 0) is 0 Å². The summed E-state index contributed by atoms with van der Waals surface area (Å²) in [4.78, 5) is 24.6. The standard InChI is InChI=1S/C20H12BrFO4/c21-14-8-10-18(26-20(24)19-6-3-11-25-19)15(12-14)17(23)9-7-13-4-1-2-5-16(13)22/h1-12H. The fourth-order valence-electron chi connectivity index (χ4n) is 2.19. The Morgan fingerprint density at radius 2 is 1.88 bits per heavy atom. The van der Waals surface area contributed by atoms with E-state index in [2.05, 4.69) is 15.9 Å². The van der Waals surface area contributed by atoms with Gasteiger partial charge >= 0.3 is 5.97 Å². The molecule has 130 valence electrons. The van der Waals surface area contributed by atoms with Crippen molar-refractivity contribution in [3.05, 3.63) is 94.1 Å². The van der Waals surface area contributed by atoms with Crippen molar-refractivity contribution in [2.24, 2.45) is 0 Å². The predicted octanol–water partition coefficient (Wildman–Crippen LogP) is 5.30. The third kappa shape index (κ3) is 4.15. The van der Waals surface area contributed by atoms with E-state index in [0.29, 0.717) is 4.47 Å². The average Bonchev–Trinajstić information content (AvgIpc) is 3.17. The largest absolute Gasteiger partial charge is 0.457 e. The average molecular weight is 415 g/mol. The summed E-state index contributed by atoms with van der Waals surface area (Å²) in [6, 6.07) is 13.8. The zero-order valence-corrected chi connectivity index (χ0v) is 14.9. The summed E-state index contributed by atoms with van der Waals surface area (Å²) >= 11 is 3.28. The summed E-state index contributed by atoms with van der Waals surface area (Å²) in [6.07, 6.45) is 3.95. The van der Waals surface area contributed by atoms with Gasteiger partial charge in [0.1, 0.15) is 11.6 Å². The van der Waals surface area contributed by atoms with Crippen molar-refractivity contribution < 1.29 is 23.1 Å². The number of halogens is 2. The van der Waals surface area contributed by atoms with Gasteiger partial charge in [0, 0.05) is 10.0 Å². The maximum Gasteiger partial charge on any atom is 0.379 e. The monoisotopic (exact) mass is 414 g/mol. The van der Waals surface area contributed by atoms with Crippen molar-refractivity contribution in [3.63, 3.8) is 0 Å². The summed E-state index contributed by atoms with van der Waals surface area (Å²) in [5.41, 5.74) is 0.442. The highest BCUT2D eigenvalue weighted by molar-refractivity contribution is 9.10. The number of esters is 1. The van der Waals surface area contributed by atoms with E-state index in [1.165, 1.54) is 42.7 Å². The molecule has 0 unspecified atom stereocenters. The molecule has 2 aromatic carbocycles. The van der Waals surface area contributed by atoms with E-state index in [1.54, 1.807) is 30.3 Å². The zero-order valence-electron chi connectivity index (χ0n) is 13.3. The number of allylic oxidation sites excluding steroid dienone is 1. The number of ether oxygens (including phenoxy) is 1. The number of benzene rings is 2. The van der Waals surface area contributed by atoms with Crippen LogP contribution in [0.2, 0.25) is 0 Å². The van der Waals surface area contributed by atoms with Crippen LogP contribution in [0.25, 0.3) is 6.08 Å². The third-order valence-corrected chi connectivity index (χ3v) is 3.94. The Morgan fingerprint density at radius 1 is 1.08 bits per heavy atom. The molecule has 3 aromatic rings. The molecule has 0 N–H and O–H groups in total. The van der Waals surface area contributed by atoms with Crippen LogP contribution in [-0.4, -0.2) is 11.8 Å². The number of rotatable bonds is 5. The molecule has 1 heterocycles. The lowest BCUT2D eigenvalue weighted by Crippen LogP contribution is -2.10. The Balaban J connectivity index is 1.86. The first kappa shape index (κ1) is 17.8. The summed E-state index contributed by atoms with van der Waals surface area (Å²) in [7, 11) is 0. The normalized spacial score (nSPS) is 10.8. The van der Waals surface area contributed by atoms with Gasteiger partial charge in [0.2, 0.25) is 5.76 Å². The lowest BCUT2D eigenvalue weighted by atomic mass is 10.1. The van der Waals surface area contributed by atoms with Gasteiger partial charge in [0.25, 0.3) is 0 Å². The number of carbonyl (C=O) groups is 2. The third-order valence-electron chi connectivity index (χ3n) is 3.45. The second-order valence-electron chi connectivity index (χ2n) is 5.23. The van der Waals surface area contributed by atoms with Crippen LogP contribution in [0, 0.1) is 5.82 Å². The van der Waals surface area contributed by atoms with Gasteiger partial charge in [-0.15, -0.1) is 0 Å². The van der Waals surface area contributed by atoms with Gasteiger partial charge in [0.15, 0.2) is 5.78 Å². The lowest BCUT2D eigenvalue weighted by Gasteiger charge is -2.08. The van der Waals surface area contributed by atoms with E-state index in [-0.39, 0.29) is 22.6 Å². The van der Waals surface area contributed by atoms with E-state index in [4.69, 9.17) is 9.15 Å². The van der Waals surface area contributed by atoms with E-state index in [0.717, 1.165) is 0 Å². The van der Waals surface area contributed by atoms with Crippen LogP contribution >= 0.6 is 15.9 Å². The number of hydrogen-bond donors (Lipinski definition) is 0. The molecule has 0 saturated carbocycles. The molecule has 1 aromatic heterocycles. The van der Waals surface area contributed by atoms with Gasteiger partial charge in [-0.2, -0.15) is 0 Å². The minimum absolute atomic E-state index is 0.0215. The molecule has 0 fully saturated rings. The summed E-state index contributed by atoms with van der Waals surface area (Å²) in [6.45, 7) is 0. The minimum Gasteiger partial charge on any atom is -0.457 e. The molecule has 0 bridgehead atoms. The Kier molecular flexibility index (Phi) is 5.43. The van der Waals surface area contributed by atoms with Gasteiger partial charge in [-0.3, -0.25) is 4.79 Å². The predicted molar refractivity (Wildman–Crippen MR) is 97.6 cm³/mol. The molecular formula is C20H12BrFO4. The van der Waals surface area contributed by atoms with E-state index >= 15 is 0 Å².